The van der Waals surface area contributed by atoms with Gasteiger partial charge in [-0.1, -0.05) is 6.07 Å². The summed E-state index contributed by atoms with van der Waals surface area (Å²) in [5.74, 6) is 1.87. The first-order chi connectivity index (χ1) is 13.7. The van der Waals surface area contributed by atoms with Gasteiger partial charge in [0.2, 0.25) is 0 Å². The number of carbonyl (C=O) groups is 1. The molecule has 2 aromatic carbocycles. The second-order valence-corrected chi connectivity index (χ2v) is 6.50. The first kappa shape index (κ1) is 17.9. The molecule has 0 bridgehead atoms. The number of methoxy groups -OCH3 is 1. The summed E-state index contributed by atoms with van der Waals surface area (Å²) in [6.07, 6.45) is 3.49. The van der Waals surface area contributed by atoms with Gasteiger partial charge in [0.05, 0.1) is 19.3 Å². The topological polar surface area (TPSA) is 85.5 Å². The van der Waals surface area contributed by atoms with Gasteiger partial charge in [-0.3, -0.25) is 9.89 Å². The zero-order valence-electron chi connectivity index (χ0n) is 15.7. The average molecular weight is 379 g/mol. The van der Waals surface area contributed by atoms with Crippen LogP contribution in [0.1, 0.15) is 28.9 Å². The molecule has 0 aliphatic carbocycles. The number of hydrogen-bond acceptors (Lipinski definition) is 5. The van der Waals surface area contributed by atoms with Crippen LogP contribution >= 0.6 is 0 Å². The molecule has 1 amide bonds. The van der Waals surface area contributed by atoms with Crippen molar-refractivity contribution in [3.63, 3.8) is 0 Å². The van der Waals surface area contributed by atoms with Crippen molar-refractivity contribution in [2.24, 2.45) is 0 Å². The zero-order chi connectivity index (χ0) is 19.5. The second-order valence-electron chi connectivity index (χ2n) is 6.50. The standard InChI is InChI=1S/C21H21N3O4/c1-13(14-4-6-18-20(9-14)28-8-7-27-18)24-21(25)15-3-5-17(19(10-15)26-2)16-11-22-23-12-16/h3-6,9-13H,7-8H2,1-2H3,(H,22,23)(H,24,25). The van der Waals surface area contributed by atoms with E-state index in [0.29, 0.717) is 30.3 Å². The van der Waals surface area contributed by atoms with Gasteiger partial charge in [-0.25, -0.2) is 0 Å². The Morgan fingerprint density at radius 3 is 2.75 bits per heavy atom. The van der Waals surface area contributed by atoms with Crippen LogP contribution in [0.4, 0.5) is 0 Å². The molecule has 2 heterocycles. The fourth-order valence-corrected chi connectivity index (χ4v) is 3.16. The number of fused-ring (bicyclic) bond motifs is 1. The number of nitrogens with zero attached hydrogens (tertiary/aromatic N) is 1. The van der Waals surface area contributed by atoms with Gasteiger partial charge in [-0.15, -0.1) is 0 Å². The van der Waals surface area contributed by atoms with Gasteiger partial charge in [0.1, 0.15) is 19.0 Å². The Morgan fingerprint density at radius 1 is 1.18 bits per heavy atom. The number of hydrogen-bond donors (Lipinski definition) is 2. The van der Waals surface area contributed by atoms with E-state index in [4.69, 9.17) is 14.2 Å². The van der Waals surface area contributed by atoms with Crippen LogP contribution in [0.15, 0.2) is 48.8 Å². The van der Waals surface area contributed by atoms with Gasteiger partial charge >= 0.3 is 0 Å². The lowest BCUT2D eigenvalue weighted by atomic mass is 10.0. The van der Waals surface area contributed by atoms with E-state index < -0.39 is 0 Å². The first-order valence-corrected chi connectivity index (χ1v) is 9.03. The van der Waals surface area contributed by atoms with Crippen molar-refractivity contribution in [1.82, 2.24) is 15.5 Å². The van der Waals surface area contributed by atoms with Gasteiger partial charge < -0.3 is 19.5 Å². The minimum Gasteiger partial charge on any atom is -0.496 e. The molecule has 0 fully saturated rings. The van der Waals surface area contributed by atoms with Crippen LogP contribution < -0.4 is 19.5 Å². The summed E-state index contributed by atoms with van der Waals surface area (Å²) in [6.45, 7) is 3.01. The fourth-order valence-electron chi connectivity index (χ4n) is 3.16. The smallest absolute Gasteiger partial charge is 0.251 e. The lowest BCUT2D eigenvalue weighted by Gasteiger charge is -2.21. The molecule has 4 rings (SSSR count). The Bertz CT molecular complexity index is 985. The summed E-state index contributed by atoms with van der Waals surface area (Å²) in [4.78, 5) is 12.7. The van der Waals surface area contributed by atoms with Crippen LogP contribution in [0.3, 0.4) is 0 Å². The van der Waals surface area contributed by atoms with Crippen LogP contribution in [-0.2, 0) is 0 Å². The molecule has 28 heavy (non-hydrogen) atoms. The maximum Gasteiger partial charge on any atom is 0.251 e. The summed E-state index contributed by atoms with van der Waals surface area (Å²) < 4.78 is 16.6. The molecule has 0 saturated heterocycles. The summed E-state index contributed by atoms with van der Waals surface area (Å²) in [7, 11) is 1.58. The summed E-state index contributed by atoms with van der Waals surface area (Å²) in [5.41, 5.74) is 3.23. The predicted molar refractivity (Wildman–Crippen MR) is 104 cm³/mol. The summed E-state index contributed by atoms with van der Waals surface area (Å²) >= 11 is 0. The Morgan fingerprint density at radius 2 is 2.00 bits per heavy atom. The number of carbonyl (C=O) groups excluding carboxylic acids is 1. The van der Waals surface area contributed by atoms with Crippen LogP contribution in [-0.4, -0.2) is 36.4 Å². The zero-order valence-corrected chi connectivity index (χ0v) is 15.7. The predicted octanol–water partition coefficient (Wildman–Crippen LogP) is 3.35. The molecule has 0 radical (unpaired) electrons. The van der Waals surface area contributed by atoms with E-state index in [2.05, 4.69) is 15.5 Å². The second kappa shape index (κ2) is 7.64. The van der Waals surface area contributed by atoms with Crippen molar-refractivity contribution in [3.05, 3.63) is 59.9 Å². The Kier molecular flexibility index (Phi) is 4.89. The molecular weight excluding hydrogens is 358 g/mol. The first-order valence-electron chi connectivity index (χ1n) is 9.03. The number of amides is 1. The van der Waals surface area contributed by atoms with Crippen molar-refractivity contribution in [1.29, 1.82) is 0 Å². The third-order valence-electron chi connectivity index (χ3n) is 4.69. The molecule has 1 atom stereocenters. The SMILES string of the molecule is COc1cc(C(=O)NC(C)c2ccc3c(c2)OCCO3)ccc1-c1cn[nH]c1. The van der Waals surface area contributed by atoms with Gasteiger partial charge in [-0.2, -0.15) is 5.10 Å². The number of nitrogens with one attached hydrogen (secondary N) is 2. The molecule has 2 N–H and O–H groups in total. The van der Waals surface area contributed by atoms with Gasteiger partial charge in [-0.05, 0) is 42.8 Å². The van der Waals surface area contributed by atoms with E-state index in [-0.39, 0.29) is 11.9 Å². The molecule has 144 valence electrons. The van der Waals surface area contributed by atoms with Crippen molar-refractivity contribution < 1.29 is 19.0 Å². The quantitative estimate of drug-likeness (QED) is 0.710. The number of aromatic amines is 1. The molecule has 1 aliphatic heterocycles. The minimum absolute atomic E-state index is 0.181. The van der Waals surface area contributed by atoms with Crippen LogP contribution in [0.25, 0.3) is 11.1 Å². The van der Waals surface area contributed by atoms with Crippen LogP contribution in [0.2, 0.25) is 0 Å². The van der Waals surface area contributed by atoms with Crippen molar-refractivity contribution in [2.75, 3.05) is 20.3 Å². The molecule has 7 nitrogen and oxygen atoms in total. The Hall–Kier alpha value is -3.48. The van der Waals surface area contributed by atoms with Gasteiger partial charge in [0.25, 0.3) is 5.91 Å². The monoisotopic (exact) mass is 379 g/mol. The highest BCUT2D eigenvalue weighted by Gasteiger charge is 2.18. The van der Waals surface area contributed by atoms with Crippen molar-refractivity contribution in [2.45, 2.75) is 13.0 Å². The lowest BCUT2D eigenvalue weighted by Crippen LogP contribution is -2.27. The number of benzene rings is 2. The van der Waals surface area contributed by atoms with Crippen LogP contribution in [0.5, 0.6) is 17.2 Å². The minimum atomic E-state index is -0.192. The molecule has 1 aliphatic rings. The number of aromatic nitrogens is 2. The van der Waals surface area contributed by atoms with E-state index in [1.165, 1.54) is 0 Å². The Labute approximate surface area is 162 Å². The lowest BCUT2D eigenvalue weighted by molar-refractivity contribution is 0.0939. The highest BCUT2D eigenvalue weighted by molar-refractivity contribution is 5.95. The highest BCUT2D eigenvalue weighted by Crippen LogP contribution is 2.33. The third-order valence-corrected chi connectivity index (χ3v) is 4.69. The van der Waals surface area contributed by atoms with E-state index in [1.54, 1.807) is 31.6 Å². The van der Waals surface area contributed by atoms with E-state index >= 15 is 0 Å². The van der Waals surface area contributed by atoms with Crippen molar-refractivity contribution in [3.8, 4) is 28.4 Å². The Balaban J connectivity index is 1.51. The highest BCUT2D eigenvalue weighted by atomic mass is 16.6. The number of H-pyrrole nitrogens is 1. The fraction of sp³-hybridized carbons (Fsp3) is 0.238. The number of ether oxygens (including phenoxy) is 3. The molecule has 1 unspecified atom stereocenters. The van der Waals surface area contributed by atoms with E-state index in [9.17, 15) is 4.79 Å². The molecular formula is C21H21N3O4. The molecule has 7 heteroatoms. The molecule has 1 aromatic heterocycles. The largest absolute Gasteiger partial charge is 0.496 e. The number of rotatable bonds is 5. The normalized spacial score (nSPS) is 13.6. The van der Waals surface area contributed by atoms with Gasteiger partial charge in [0.15, 0.2) is 11.5 Å². The summed E-state index contributed by atoms with van der Waals surface area (Å²) in [5, 5.41) is 9.75. The molecule has 3 aromatic rings. The molecule has 0 spiro atoms. The average Bonchev–Trinajstić information content (AvgIpc) is 3.27. The maximum absolute atomic E-state index is 12.7. The van der Waals surface area contributed by atoms with Crippen LogP contribution in [0, 0.1) is 0 Å². The maximum atomic E-state index is 12.7. The summed E-state index contributed by atoms with van der Waals surface area (Å²) in [6, 6.07) is 10.9. The van der Waals surface area contributed by atoms with Gasteiger partial charge in [0, 0.05) is 22.9 Å². The third kappa shape index (κ3) is 3.51. The van der Waals surface area contributed by atoms with E-state index in [0.717, 1.165) is 22.4 Å². The van der Waals surface area contributed by atoms with Crippen molar-refractivity contribution >= 4 is 5.91 Å². The molecule has 0 saturated carbocycles. The van der Waals surface area contributed by atoms with E-state index in [1.807, 2.05) is 31.2 Å².